The molecule has 3 rings (SSSR count). The van der Waals surface area contributed by atoms with Crippen LogP contribution in [0.2, 0.25) is 0 Å². The minimum absolute atomic E-state index is 0.422. The van der Waals surface area contributed by atoms with Gasteiger partial charge in [-0.2, -0.15) is 0 Å². The number of amides is 1. The van der Waals surface area contributed by atoms with Crippen LogP contribution < -0.4 is 5.73 Å². The highest BCUT2D eigenvalue weighted by molar-refractivity contribution is 7.98. The summed E-state index contributed by atoms with van der Waals surface area (Å²) in [6.45, 7) is 6.49. The van der Waals surface area contributed by atoms with Crippen molar-refractivity contribution in [2.45, 2.75) is 24.4 Å². The topological polar surface area (TPSA) is 73.8 Å². The summed E-state index contributed by atoms with van der Waals surface area (Å²) in [6, 6.07) is 15.5. The molecule has 0 aliphatic rings. The Morgan fingerprint density at radius 3 is 2.62 bits per heavy atom. The molecule has 0 aliphatic carbocycles. The van der Waals surface area contributed by atoms with E-state index >= 15 is 0 Å². The smallest absolute Gasteiger partial charge is 0.249 e. The molecule has 0 spiro atoms. The minimum atomic E-state index is -0.422. The Morgan fingerprint density at radius 2 is 1.92 bits per heavy atom. The van der Waals surface area contributed by atoms with E-state index in [4.69, 9.17) is 5.73 Å². The van der Waals surface area contributed by atoms with Crippen molar-refractivity contribution in [2.24, 2.45) is 5.73 Å². The standard InChI is InChI=1S/C20H20N4OS/c1-3-12-24-19(15-10-8-14(2)9-11-15)22-23-20(24)26-13-16-6-4-5-7-17(16)18(21)25/h3-11H,1,12-13H2,2H3,(H2,21,25). The molecule has 5 nitrogen and oxygen atoms in total. The third-order valence-corrected chi connectivity index (χ3v) is 4.99. The van der Waals surface area contributed by atoms with Gasteiger partial charge in [0.25, 0.3) is 0 Å². The monoisotopic (exact) mass is 364 g/mol. The maximum Gasteiger partial charge on any atom is 0.249 e. The van der Waals surface area contributed by atoms with Crippen molar-refractivity contribution in [3.8, 4) is 11.4 Å². The van der Waals surface area contributed by atoms with Gasteiger partial charge in [-0.15, -0.1) is 16.8 Å². The van der Waals surface area contributed by atoms with Crippen LogP contribution in [0.3, 0.4) is 0 Å². The van der Waals surface area contributed by atoms with Crippen molar-refractivity contribution in [3.63, 3.8) is 0 Å². The highest BCUT2D eigenvalue weighted by Gasteiger charge is 2.15. The van der Waals surface area contributed by atoms with Crippen LogP contribution in [0.1, 0.15) is 21.5 Å². The highest BCUT2D eigenvalue weighted by atomic mass is 32.2. The fourth-order valence-corrected chi connectivity index (χ4v) is 3.59. The van der Waals surface area contributed by atoms with Crippen LogP contribution in [0, 0.1) is 6.92 Å². The number of aromatic nitrogens is 3. The van der Waals surface area contributed by atoms with Crippen LogP contribution >= 0.6 is 11.8 Å². The molecule has 0 bridgehead atoms. The number of hydrogen-bond acceptors (Lipinski definition) is 4. The molecule has 6 heteroatoms. The van der Waals surface area contributed by atoms with Gasteiger partial charge in [0.1, 0.15) is 0 Å². The second-order valence-electron chi connectivity index (χ2n) is 5.88. The number of aryl methyl sites for hydroxylation is 1. The van der Waals surface area contributed by atoms with Crippen molar-refractivity contribution in [3.05, 3.63) is 77.9 Å². The van der Waals surface area contributed by atoms with E-state index < -0.39 is 5.91 Å². The van der Waals surface area contributed by atoms with E-state index in [0.717, 1.165) is 22.1 Å². The largest absolute Gasteiger partial charge is 0.366 e. The van der Waals surface area contributed by atoms with Gasteiger partial charge in [0.05, 0.1) is 0 Å². The van der Waals surface area contributed by atoms with Crippen molar-refractivity contribution in [1.29, 1.82) is 0 Å². The molecule has 0 saturated heterocycles. The molecule has 3 aromatic rings. The summed E-state index contributed by atoms with van der Waals surface area (Å²) in [5.74, 6) is 0.965. The lowest BCUT2D eigenvalue weighted by Gasteiger charge is -2.09. The third-order valence-electron chi connectivity index (χ3n) is 3.98. The molecule has 132 valence electrons. The maximum atomic E-state index is 11.6. The van der Waals surface area contributed by atoms with E-state index in [1.807, 2.05) is 41.0 Å². The average molecular weight is 364 g/mol. The molecule has 0 fully saturated rings. The van der Waals surface area contributed by atoms with Gasteiger partial charge in [-0.05, 0) is 18.6 Å². The van der Waals surface area contributed by atoms with Crippen molar-refractivity contribution in [1.82, 2.24) is 14.8 Å². The molecule has 1 amide bonds. The van der Waals surface area contributed by atoms with Gasteiger partial charge in [0, 0.05) is 23.4 Å². The fourth-order valence-electron chi connectivity index (χ4n) is 2.63. The van der Waals surface area contributed by atoms with Crippen LogP contribution in [-0.2, 0) is 12.3 Å². The lowest BCUT2D eigenvalue weighted by Crippen LogP contribution is -2.13. The molecule has 0 unspecified atom stereocenters. The molecule has 0 aliphatic heterocycles. The van der Waals surface area contributed by atoms with E-state index in [9.17, 15) is 4.79 Å². The fraction of sp³-hybridized carbons (Fsp3) is 0.150. The van der Waals surface area contributed by atoms with E-state index in [-0.39, 0.29) is 0 Å². The number of hydrogen-bond donors (Lipinski definition) is 1. The van der Waals surface area contributed by atoms with Gasteiger partial charge in [-0.1, -0.05) is 65.9 Å². The summed E-state index contributed by atoms with van der Waals surface area (Å²) < 4.78 is 2.02. The first kappa shape index (κ1) is 17.9. The Hall–Kier alpha value is -2.86. The summed E-state index contributed by atoms with van der Waals surface area (Å²) in [5.41, 5.74) is 9.08. The molecular formula is C20H20N4OS. The van der Waals surface area contributed by atoms with Gasteiger partial charge in [0.2, 0.25) is 5.91 Å². The lowest BCUT2D eigenvalue weighted by atomic mass is 10.1. The van der Waals surface area contributed by atoms with Gasteiger partial charge >= 0.3 is 0 Å². The van der Waals surface area contributed by atoms with Gasteiger partial charge < -0.3 is 5.73 Å². The Kier molecular flexibility index (Phi) is 5.53. The first-order valence-corrected chi connectivity index (χ1v) is 9.20. The lowest BCUT2D eigenvalue weighted by molar-refractivity contribution is 0.0999. The SMILES string of the molecule is C=CCn1c(SCc2ccccc2C(N)=O)nnc1-c1ccc(C)cc1. The van der Waals surface area contributed by atoms with E-state index in [1.54, 1.807) is 6.07 Å². The van der Waals surface area contributed by atoms with E-state index in [2.05, 4.69) is 35.8 Å². The van der Waals surface area contributed by atoms with Gasteiger partial charge in [-0.25, -0.2) is 0 Å². The summed E-state index contributed by atoms with van der Waals surface area (Å²) in [6.07, 6.45) is 1.82. The number of carbonyl (C=O) groups excluding carboxylic acids is 1. The molecule has 1 heterocycles. The molecule has 0 atom stereocenters. The van der Waals surface area contributed by atoms with Crippen molar-refractivity contribution < 1.29 is 4.79 Å². The Balaban J connectivity index is 1.88. The molecule has 26 heavy (non-hydrogen) atoms. The molecule has 0 saturated carbocycles. The number of nitrogens with two attached hydrogens (primary N) is 1. The number of thioether (sulfide) groups is 1. The first-order chi connectivity index (χ1) is 12.6. The number of allylic oxidation sites excluding steroid dienone is 1. The second-order valence-corrected chi connectivity index (χ2v) is 6.82. The van der Waals surface area contributed by atoms with Crippen LogP contribution in [0.25, 0.3) is 11.4 Å². The molecular weight excluding hydrogens is 344 g/mol. The summed E-state index contributed by atoms with van der Waals surface area (Å²) in [5, 5.41) is 9.47. The highest BCUT2D eigenvalue weighted by Crippen LogP contribution is 2.27. The van der Waals surface area contributed by atoms with Gasteiger partial charge in [-0.3, -0.25) is 9.36 Å². The molecule has 0 radical (unpaired) electrons. The predicted octanol–water partition coefficient (Wildman–Crippen LogP) is 3.83. The number of rotatable bonds is 7. The number of carbonyl (C=O) groups is 1. The number of benzene rings is 2. The Labute approximate surface area is 156 Å². The Morgan fingerprint density at radius 1 is 1.19 bits per heavy atom. The zero-order valence-electron chi connectivity index (χ0n) is 14.6. The number of primary amides is 1. The van der Waals surface area contributed by atoms with Crippen LogP contribution in [0.5, 0.6) is 0 Å². The molecule has 2 aromatic carbocycles. The minimum Gasteiger partial charge on any atom is -0.366 e. The predicted molar refractivity (Wildman–Crippen MR) is 105 cm³/mol. The second kappa shape index (κ2) is 8.01. The van der Waals surface area contributed by atoms with Gasteiger partial charge in [0.15, 0.2) is 11.0 Å². The summed E-state index contributed by atoms with van der Waals surface area (Å²) >= 11 is 1.52. The number of nitrogens with zero attached hydrogens (tertiary/aromatic N) is 3. The quantitative estimate of drug-likeness (QED) is 0.511. The Bertz CT molecular complexity index is 931. The van der Waals surface area contributed by atoms with Crippen molar-refractivity contribution >= 4 is 17.7 Å². The van der Waals surface area contributed by atoms with E-state index in [1.165, 1.54) is 17.3 Å². The zero-order valence-corrected chi connectivity index (χ0v) is 15.4. The molecule has 1 aromatic heterocycles. The normalized spacial score (nSPS) is 10.7. The maximum absolute atomic E-state index is 11.6. The summed E-state index contributed by atoms with van der Waals surface area (Å²) in [7, 11) is 0. The van der Waals surface area contributed by atoms with Crippen molar-refractivity contribution in [2.75, 3.05) is 0 Å². The summed E-state index contributed by atoms with van der Waals surface area (Å²) in [4.78, 5) is 11.6. The molecule has 2 N–H and O–H groups in total. The zero-order chi connectivity index (χ0) is 18.5. The van der Waals surface area contributed by atoms with Crippen LogP contribution in [0.15, 0.2) is 66.3 Å². The first-order valence-electron chi connectivity index (χ1n) is 8.22. The average Bonchev–Trinajstić information content (AvgIpc) is 3.04. The third kappa shape index (κ3) is 3.86. The van der Waals surface area contributed by atoms with E-state index in [0.29, 0.717) is 17.9 Å². The van der Waals surface area contributed by atoms with Crippen LogP contribution in [-0.4, -0.2) is 20.7 Å². The van der Waals surface area contributed by atoms with Crippen LogP contribution in [0.4, 0.5) is 0 Å².